The maximum Gasteiger partial charge on any atom is 0.259 e. The van der Waals surface area contributed by atoms with Crippen molar-refractivity contribution in [1.29, 1.82) is 0 Å². The fourth-order valence-corrected chi connectivity index (χ4v) is 2.30. The maximum atomic E-state index is 11.7. The Balaban J connectivity index is 2.59. The lowest BCUT2D eigenvalue weighted by atomic mass is 9.95. The average Bonchev–Trinajstić information content (AvgIpc) is 2.62. The summed E-state index contributed by atoms with van der Waals surface area (Å²) in [5.74, 6) is -0.781. The van der Waals surface area contributed by atoms with Gasteiger partial charge in [0.15, 0.2) is 0 Å². The largest absolute Gasteiger partial charge is 0.507 e. The lowest BCUT2D eigenvalue weighted by Crippen LogP contribution is -2.20. The van der Waals surface area contributed by atoms with Crippen LogP contribution in [0.25, 0.3) is 10.8 Å². The third-order valence-corrected chi connectivity index (χ3v) is 3.11. The Morgan fingerprint density at radius 3 is 2.29 bits per heavy atom. The molecule has 0 bridgehead atoms. The van der Waals surface area contributed by atoms with Gasteiger partial charge in [0.25, 0.3) is 11.8 Å². The number of aromatic hydroxyl groups is 1. The van der Waals surface area contributed by atoms with Crippen molar-refractivity contribution >= 4 is 22.6 Å². The van der Waals surface area contributed by atoms with Crippen LogP contribution in [-0.2, 0) is 0 Å². The SMILES string of the molecule is Cc1c2c(c3ccccc3c1O)C(=O)NC2=O. The number of imide groups is 1. The van der Waals surface area contributed by atoms with Crippen molar-refractivity contribution < 1.29 is 14.7 Å². The normalized spacial score (nSPS) is 13.9. The molecule has 4 heteroatoms. The van der Waals surface area contributed by atoms with Gasteiger partial charge in [0.05, 0.1) is 11.1 Å². The fourth-order valence-electron chi connectivity index (χ4n) is 2.30. The molecule has 2 aromatic carbocycles. The predicted molar refractivity (Wildman–Crippen MR) is 62.1 cm³/mol. The molecule has 84 valence electrons. The van der Waals surface area contributed by atoms with E-state index >= 15 is 0 Å². The summed E-state index contributed by atoms with van der Waals surface area (Å²) in [5, 5.41) is 13.5. The van der Waals surface area contributed by atoms with Crippen molar-refractivity contribution in [2.24, 2.45) is 0 Å². The molecule has 2 N–H and O–H groups in total. The number of hydrogen-bond acceptors (Lipinski definition) is 3. The number of phenolic OH excluding ortho intramolecular Hbond substituents is 1. The first-order valence-electron chi connectivity index (χ1n) is 5.21. The van der Waals surface area contributed by atoms with Crippen LogP contribution in [-0.4, -0.2) is 16.9 Å². The first kappa shape index (κ1) is 9.84. The summed E-state index contributed by atoms with van der Waals surface area (Å²) >= 11 is 0. The van der Waals surface area contributed by atoms with E-state index in [9.17, 15) is 14.7 Å². The monoisotopic (exact) mass is 227 g/mol. The van der Waals surface area contributed by atoms with Gasteiger partial charge < -0.3 is 5.11 Å². The zero-order valence-corrected chi connectivity index (χ0v) is 9.07. The molecule has 1 aliphatic rings. The Labute approximate surface area is 96.9 Å². The first-order chi connectivity index (χ1) is 8.11. The highest BCUT2D eigenvalue weighted by atomic mass is 16.3. The number of carbonyl (C=O) groups excluding carboxylic acids is 2. The van der Waals surface area contributed by atoms with Gasteiger partial charge in [-0.25, -0.2) is 0 Å². The fraction of sp³-hybridized carbons (Fsp3) is 0.0769. The Morgan fingerprint density at radius 1 is 1.00 bits per heavy atom. The lowest BCUT2D eigenvalue weighted by Gasteiger charge is -2.08. The van der Waals surface area contributed by atoms with Gasteiger partial charge in [0, 0.05) is 10.9 Å². The molecular weight excluding hydrogens is 218 g/mol. The molecule has 2 aromatic rings. The summed E-state index contributed by atoms with van der Waals surface area (Å²) in [6, 6.07) is 7.01. The first-order valence-corrected chi connectivity index (χ1v) is 5.21. The minimum Gasteiger partial charge on any atom is -0.507 e. The summed E-state index contributed by atoms with van der Waals surface area (Å²) in [7, 11) is 0. The molecular formula is C13H9NO3. The van der Waals surface area contributed by atoms with Crippen molar-refractivity contribution in [3.05, 3.63) is 41.0 Å². The van der Waals surface area contributed by atoms with Crippen LogP contribution in [0.1, 0.15) is 26.3 Å². The molecule has 17 heavy (non-hydrogen) atoms. The van der Waals surface area contributed by atoms with Crippen LogP contribution in [0.15, 0.2) is 24.3 Å². The van der Waals surface area contributed by atoms with Gasteiger partial charge in [-0.15, -0.1) is 0 Å². The Kier molecular flexibility index (Phi) is 1.78. The standard InChI is InChI=1S/C13H9NO3/c1-6-9-10(13(17)14-12(9)16)7-4-2-3-5-8(7)11(6)15/h2-5,15H,1H3,(H,14,16,17). The second-order valence-electron chi connectivity index (χ2n) is 4.05. The molecule has 0 aliphatic carbocycles. The molecule has 0 spiro atoms. The molecule has 0 fully saturated rings. The van der Waals surface area contributed by atoms with Crippen molar-refractivity contribution in [2.75, 3.05) is 0 Å². The molecule has 3 rings (SSSR count). The minimum absolute atomic E-state index is 0.0594. The van der Waals surface area contributed by atoms with Gasteiger partial charge in [-0.05, 0) is 12.3 Å². The minimum atomic E-state index is -0.441. The third kappa shape index (κ3) is 1.12. The molecule has 0 aromatic heterocycles. The number of phenols is 1. The van der Waals surface area contributed by atoms with Crippen LogP contribution in [0.3, 0.4) is 0 Å². The molecule has 4 nitrogen and oxygen atoms in total. The summed E-state index contributed by atoms with van der Waals surface area (Å²) in [5.41, 5.74) is 1.09. The Hall–Kier alpha value is -2.36. The molecule has 0 saturated carbocycles. The van der Waals surface area contributed by atoms with Gasteiger partial charge in [-0.3, -0.25) is 14.9 Å². The van der Waals surface area contributed by atoms with Crippen LogP contribution >= 0.6 is 0 Å². The maximum absolute atomic E-state index is 11.7. The van der Waals surface area contributed by atoms with Crippen molar-refractivity contribution in [2.45, 2.75) is 6.92 Å². The quantitative estimate of drug-likeness (QED) is 0.673. The van der Waals surface area contributed by atoms with Crippen LogP contribution in [0.5, 0.6) is 5.75 Å². The molecule has 2 amide bonds. The molecule has 0 atom stereocenters. The number of amides is 2. The second-order valence-corrected chi connectivity index (χ2v) is 4.05. The van der Waals surface area contributed by atoms with E-state index in [-0.39, 0.29) is 11.3 Å². The summed E-state index contributed by atoms with van der Waals surface area (Å²) in [4.78, 5) is 23.4. The summed E-state index contributed by atoms with van der Waals surface area (Å²) in [6.45, 7) is 1.64. The van der Waals surface area contributed by atoms with Gasteiger partial charge in [-0.1, -0.05) is 24.3 Å². The van der Waals surface area contributed by atoms with Crippen LogP contribution < -0.4 is 5.32 Å². The number of benzene rings is 2. The number of fused-ring (bicyclic) bond motifs is 3. The molecule has 0 radical (unpaired) electrons. The summed E-state index contributed by atoms with van der Waals surface area (Å²) < 4.78 is 0. The highest BCUT2D eigenvalue weighted by Gasteiger charge is 2.32. The van der Waals surface area contributed by atoms with E-state index in [0.717, 1.165) is 0 Å². The zero-order valence-electron chi connectivity index (χ0n) is 9.07. The van der Waals surface area contributed by atoms with E-state index < -0.39 is 11.8 Å². The van der Waals surface area contributed by atoms with E-state index in [0.29, 0.717) is 21.9 Å². The highest BCUT2D eigenvalue weighted by molar-refractivity contribution is 6.28. The van der Waals surface area contributed by atoms with Crippen LogP contribution in [0.2, 0.25) is 0 Å². The Morgan fingerprint density at radius 2 is 1.59 bits per heavy atom. The summed E-state index contributed by atoms with van der Waals surface area (Å²) in [6.07, 6.45) is 0. The van der Waals surface area contributed by atoms with Crippen LogP contribution in [0, 0.1) is 6.92 Å². The lowest BCUT2D eigenvalue weighted by molar-refractivity contribution is 0.0880. The van der Waals surface area contributed by atoms with E-state index in [1.165, 1.54) is 0 Å². The van der Waals surface area contributed by atoms with Gasteiger partial charge in [-0.2, -0.15) is 0 Å². The predicted octanol–water partition coefficient (Wildman–Crippen LogP) is 1.74. The number of carbonyl (C=O) groups is 2. The number of rotatable bonds is 0. The topological polar surface area (TPSA) is 66.4 Å². The highest BCUT2D eigenvalue weighted by Crippen LogP contribution is 2.36. The average molecular weight is 227 g/mol. The smallest absolute Gasteiger partial charge is 0.259 e. The second kappa shape index (κ2) is 3.07. The molecule has 1 aliphatic heterocycles. The molecule has 0 saturated heterocycles. The Bertz CT molecular complexity index is 689. The van der Waals surface area contributed by atoms with Gasteiger partial charge >= 0.3 is 0 Å². The van der Waals surface area contributed by atoms with E-state index in [1.807, 2.05) is 0 Å². The third-order valence-electron chi connectivity index (χ3n) is 3.11. The van der Waals surface area contributed by atoms with Crippen molar-refractivity contribution in [1.82, 2.24) is 5.32 Å². The van der Waals surface area contributed by atoms with Crippen molar-refractivity contribution in [3.8, 4) is 5.75 Å². The van der Waals surface area contributed by atoms with Gasteiger partial charge in [0.1, 0.15) is 5.75 Å². The van der Waals surface area contributed by atoms with E-state index in [4.69, 9.17) is 0 Å². The number of hydrogen-bond donors (Lipinski definition) is 2. The van der Waals surface area contributed by atoms with Crippen molar-refractivity contribution in [3.63, 3.8) is 0 Å². The van der Waals surface area contributed by atoms with E-state index in [2.05, 4.69) is 5.32 Å². The zero-order chi connectivity index (χ0) is 12.2. The van der Waals surface area contributed by atoms with E-state index in [1.54, 1.807) is 31.2 Å². The van der Waals surface area contributed by atoms with Gasteiger partial charge in [0.2, 0.25) is 0 Å². The van der Waals surface area contributed by atoms with Crippen LogP contribution in [0.4, 0.5) is 0 Å². The molecule has 0 unspecified atom stereocenters. The molecule has 1 heterocycles. The number of nitrogens with one attached hydrogen (secondary N) is 1.